The molecule has 8 heteroatoms. The molecule has 2 N–H and O–H groups in total. The van der Waals surface area contributed by atoms with Crippen LogP contribution in [-0.2, 0) is 13.0 Å². The van der Waals surface area contributed by atoms with Gasteiger partial charge in [0.25, 0.3) is 11.8 Å². The van der Waals surface area contributed by atoms with Crippen molar-refractivity contribution in [2.24, 2.45) is 5.73 Å². The standard InChI is InChI=1S/C22H18ClFN4O2/c23-15-9-17-16(18(24)10-15)5-6-19(17)28(22(30)13-3-1-7-26-11-13)12-14-4-2-8-27-20(14)21(25)29/h1-4,7-11,19H,5-6,12H2,(H2,25,29)/t19-/m1/s1. The smallest absolute Gasteiger partial charge is 0.267 e. The molecular formula is C22H18ClFN4O2. The minimum absolute atomic E-state index is 0.0814. The lowest BCUT2D eigenvalue weighted by Gasteiger charge is -2.30. The minimum Gasteiger partial charge on any atom is -0.364 e. The summed E-state index contributed by atoms with van der Waals surface area (Å²) in [4.78, 5) is 34.9. The zero-order chi connectivity index (χ0) is 21.3. The number of rotatable bonds is 5. The SMILES string of the molecule is NC(=O)c1ncccc1CN(C(=O)c1cccnc1)[C@@H]1CCc2c(F)cc(Cl)cc21. The number of carbonyl (C=O) groups is 2. The first-order chi connectivity index (χ1) is 14.5. The van der Waals surface area contributed by atoms with Crippen molar-refractivity contribution in [2.45, 2.75) is 25.4 Å². The second kappa shape index (κ2) is 8.20. The predicted molar refractivity (Wildman–Crippen MR) is 109 cm³/mol. The monoisotopic (exact) mass is 424 g/mol. The van der Waals surface area contributed by atoms with Crippen LogP contribution in [0.15, 0.2) is 55.0 Å². The number of carbonyl (C=O) groups excluding carboxylic acids is 2. The first-order valence-electron chi connectivity index (χ1n) is 9.38. The fourth-order valence-corrected chi connectivity index (χ4v) is 4.11. The maximum absolute atomic E-state index is 14.4. The molecule has 0 saturated heterocycles. The first kappa shape index (κ1) is 20.0. The highest BCUT2D eigenvalue weighted by Crippen LogP contribution is 2.40. The molecule has 2 heterocycles. The molecule has 1 atom stereocenters. The Hall–Kier alpha value is -3.32. The van der Waals surface area contributed by atoms with Gasteiger partial charge in [-0.15, -0.1) is 0 Å². The maximum atomic E-state index is 14.4. The van der Waals surface area contributed by atoms with Crippen molar-refractivity contribution in [3.63, 3.8) is 0 Å². The first-order valence-corrected chi connectivity index (χ1v) is 9.76. The van der Waals surface area contributed by atoms with E-state index in [2.05, 4.69) is 9.97 Å². The van der Waals surface area contributed by atoms with Crippen LogP contribution in [0.1, 0.15) is 50.0 Å². The Bertz CT molecular complexity index is 1120. The van der Waals surface area contributed by atoms with Crippen LogP contribution in [0.2, 0.25) is 5.02 Å². The van der Waals surface area contributed by atoms with Crippen molar-refractivity contribution >= 4 is 23.4 Å². The number of aromatic nitrogens is 2. The van der Waals surface area contributed by atoms with E-state index in [1.807, 2.05) is 0 Å². The molecule has 1 aromatic carbocycles. The highest BCUT2D eigenvalue weighted by atomic mass is 35.5. The molecule has 0 saturated carbocycles. The Balaban J connectivity index is 1.79. The summed E-state index contributed by atoms with van der Waals surface area (Å²) < 4.78 is 14.4. The third-order valence-electron chi connectivity index (χ3n) is 5.23. The number of primary amides is 1. The van der Waals surface area contributed by atoms with Gasteiger partial charge in [0, 0.05) is 35.7 Å². The Morgan fingerprint density at radius 3 is 2.77 bits per heavy atom. The van der Waals surface area contributed by atoms with E-state index in [0.29, 0.717) is 35.1 Å². The van der Waals surface area contributed by atoms with Crippen LogP contribution in [-0.4, -0.2) is 26.7 Å². The molecule has 0 spiro atoms. The number of fused-ring (bicyclic) bond motifs is 1. The molecule has 2 aromatic heterocycles. The number of halogens is 2. The van der Waals surface area contributed by atoms with Crippen LogP contribution < -0.4 is 5.73 Å². The summed E-state index contributed by atoms with van der Waals surface area (Å²) in [5.41, 5.74) is 7.68. The van der Waals surface area contributed by atoms with Gasteiger partial charge in [-0.1, -0.05) is 17.7 Å². The highest BCUT2D eigenvalue weighted by Gasteiger charge is 2.34. The van der Waals surface area contributed by atoms with Gasteiger partial charge in [0.15, 0.2) is 0 Å². The van der Waals surface area contributed by atoms with E-state index in [-0.39, 0.29) is 29.0 Å². The van der Waals surface area contributed by atoms with Crippen LogP contribution in [0.4, 0.5) is 4.39 Å². The lowest BCUT2D eigenvalue weighted by Crippen LogP contribution is -2.34. The maximum Gasteiger partial charge on any atom is 0.267 e. The predicted octanol–water partition coefficient (Wildman–Crippen LogP) is 3.70. The Morgan fingerprint density at radius 1 is 1.23 bits per heavy atom. The summed E-state index contributed by atoms with van der Waals surface area (Å²) in [6.45, 7) is 0.0814. The summed E-state index contributed by atoms with van der Waals surface area (Å²) in [6, 6.07) is 9.26. The topological polar surface area (TPSA) is 89.2 Å². The molecule has 30 heavy (non-hydrogen) atoms. The van der Waals surface area contributed by atoms with Crippen LogP contribution in [0.5, 0.6) is 0 Å². The van der Waals surface area contributed by atoms with Crippen molar-refractivity contribution in [1.82, 2.24) is 14.9 Å². The van der Waals surface area contributed by atoms with Gasteiger partial charge >= 0.3 is 0 Å². The minimum atomic E-state index is -0.680. The van der Waals surface area contributed by atoms with Crippen LogP contribution >= 0.6 is 11.6 Å². The van der Waals surface area contributed by atoms with E-state index < -0.39 is 11.9 Å². The molecule has 3 aromatic rings. The number of nitrogens with zero attached hydrogens (tertiary/aromatic N) is 3. The second-order valence-electron chi connectivity index (χ2n) is 7.06. The zero-order valence-electron chi connectivity index (χ0n) is 15.9. The van der Waals surface area contributed by atoms with E-state index in [1.165, 1.54) is 18.5 Å². The summed E-state index contributed by atoms with van der Waals surface area (Å²) in [5.74, 6) is -1.35. The average Bonchev–Trinajstić information content (AvgIpc) is 3.16. The lowest BCUT2D eigenvalue weighted by atomic mass is 10.0. The average molecular weight is 425 g/mol. The summed E-state index contributed by atoms with van der Waals surface area (Å²) in [5, 5.41) is 0.270. The fourth-order valence-electron chi connectivity index (χ4n) is 3.89. The molecule has 0 fully saturated rings. The van der Waals surface area contributed by atoms with Gasteiger partial charge in [0.05, 0.1) is 11.6 Å². The summed E-state index contributed by atoms with van der Waals surface area (Å²) >= 11 is 6.10. The summed E-state index contributed by atoms with van der Waals surface area (Å²) in [6.07, 6.45) is 5.53. The van der Waals surface area contributed by atoms with E-state index in [1.54, 1.807) is 41.4 Å². The fraction of sp³-hybridized carbons (Fsp3) is 0.182. The molecular weight excluding hydrogens is 407 g/mol. The van der Waals surface area contributed by atoms with Gasteiger partial charge in [0.2, 0.25) is 0 Å². The molecule has 6 nitrogen and oxygen atoms in total. The van der Waals surface area contributed by atoms with Crippen molar-refractivity contribution in [1.29, 1.82) is 0 Å². The number of amides is 2. The molecule has 4 rings (SSSR count). The van der Waals surface area contributed by atoms with Gasteiger partial charge < -0.3 is 10.6 Å². The number of pyridine rings is 2. The van der Waals surface area contributed by atoms with Gasteiger partial charge in [-0.2, -0.15) is 0 Å². The van der Waals surface area contributed by atoms with Crippen molar-refractivity contribution in [3.8, 4) is 0 Å². The van der Waals surface area contributed by atoms with Crippen molar-refractivity contribution in [2.75, 3.05) is 0 Å². The van der Waals surface area contributed by atoms with Gasteiger partial charge in [-0.3, -0.25) is 19.6 Å². The van der Waals surface area contributed by atoms with Crippen molar-refractivity contribution in [3.05, 3.63) is 93.8 Å². The highest BCUT2D eigenvalue weighted by molar-refractivity contribution is 6.30. The molecule has 0 aliphatic heterocycles. The molecule has 1 aliphatic rings. The molecule has 0 radical (unpaired) electrons. The van der Waals surface area contributed by atoms with E-state index in [0.717, 1.165) is 0 Å². The van der Waals surface area contributed by atoms with Crippen LogP contribution in [0, 0.1) is 5.82 Å². The quantitative estimate of drug-likeness (QED) is 0.676. The van der Waals surface area contributed by atoms with Gasteiger partial charge in [-0.05, 0) is 54.3 Å². The molecule has 0 unspecified atom stereocenters. The molecule has 1 aliphatic carbocycles. The Labute approximate surface area is 177 Å². The Morgan fingerprint density at radius 2 is 2.03 bits per heavy atom. The largest absolute Gasteiger partial charge is 0.364 e. The number of nitrogens with two attached hydrogens (primary N) is 1. The van der Waals surface area contributed by atoms with Crippen LogP contribution in [0.25, 0.3) is 0 Å². The normalized spacial score (nSPS) is 14.9. The van der Waals surface area contributed by atoms with Crippen molar-refractivity contribution < 1.29 is 14.0 Å². The molecule has 152 valence electrons. The number of benzene rings is 1. The second-order valence-corrected chi connectivity index (χ2v) is 7.50. The lowest BCUT2D eigenvalue weighted by molar-refractivity contribution is 0.0655. The molecule has 0 bridgehead atoms. The third-order valence-corrected chi connectivity index (χ3v) is 5.45. The third kappa shape index (κ3) is 3.76. The van der Waals surface area contributed by atoms with Gasteiger partial charge in [0.1, 0.15) is 11.5 Å². The molecule has 2 amide bonds. The van der Waals surface area contributed by atoms with E-state index >= 15 is 0 Å². The summed E-state index contributed by atoms with van der Waals surface area (Å²) in [7, 11) is 0. The van der Waals surface area contributed by atoms with E-state index in [4.69, 9.17) is 17.3 Å². The Kier molecular flexibility index (Phi) is 5.46. The number of hydrogen-bond donors (Lipinski definition) is 1. The van der Waals surface area contributed by atoms with Gasteiger partial charge in [-0.25, -0.2) is 4.39 Å². The van der Waals surface area contributed by atoms with Crippen LogP contribution in [0.3, 0.4) is 0 Å². The number of hydrogen-bond acceptors (Lipinski definition) is 4. The van der Waals surface area contributed by atoms with E-state index in [9.17, 15) is 14.0 Å². The zero-order valence-corrected chi connectivity index (χ0v) is 16.6.